The van der Waals surface area contributed by atoms with Crippen LogP contribution < -0.4 is 5.73 Å². The smallest absolute Gasteiger partial charge is 0.462 e. The lowest BCUT2D eigenvalue weighted by Crippen LogP contribution is -2.29. The van der Waals surface area contributed by atoms with E-state index in [2.05, 4.69) is 86.8 Å². The van der Waals surface area contributed by atoms with Crippen LogP contribution in [0, 0.1) is 0 Å². The van der Waals surface area contributed by atoms with Crippen molar-refractivity contribution in [1.29, 1.82) is 0 Å². The van der Waals surface area contributed by atoms with Gasteiger partial charge >= 0.3 is 19.8 Å². The largest absolute Gasteiger partial charge is 0.472 e. The fourth-order valence-electron chi connectivity index (χ4n) is 10.8. The summed E-state index contributed by atoms with van der Waals surface area (Å²) in [6.07, 6.45) is 93.0. The summed E-state index contributed by atoms with van der Waals surface area (Å²) >= 11 is 0. The number of phosphoric ester groups is 1. The third-order valence-corrected chi connectivity index (χ3v) is 17.1. The van der Waals surface area contributed by atoms with Crippen LogP contribution in [0.15, 0.2) is 72.9 Å². The summed E-state index contributed by atoms with van der Waals surface area (Å²) in [7, 11) is -4.39. The van der Waals surface area contributed by atoms with Crippen LogP contribution in [0.25, 0.3) is 0 Å². The highest BCUT2D eigenvalue weighted by Crippen LogP contribution is 2.43. The Morgan fingerprint density at radius 3 is 0.965 bits per heavy atom. The average molecular weight is 1210 g/mol. The summed E-state index contributed by atoms with van der Waals surface area (Å²) in [6, 6.07) is 0. The number of allylic oxidation sites excluding steroid dienone is 12. The van der Waals surface area contributed by atoms with Gasteiger partial charge in [-0.1, -0.05) is 356 Å². The number of esters is 2. The average Bonchev–Trinajstić information content (AvgIpc) is 3.53. The SMILES string of the molecule is CC/C=C\C/C=C\C/C=C\C/C=C\C/C=C\C/C=C\CCCCCCCCCCCCCCCCCCCCCCC(=O)OC(COC(=O)CCCCCCCCCCCCCCCCCCCCCCCCCCC)COP(=O)(O)OCCN. The lowest BCUT2D eigenvalue weighted by atomic mass is 10.0. The third kappa shape index (κ3) is 70.4. The Balaban J connectivity index is 3.80. The number of rotatable bonds is 69. The van der Waals surface area contributed by atoms with Gasteiger partial charge in [-0.3, -0.25) is 18.6 Å². The number of carbonyl (C=O) groups excluding carboxylic acids is 2. The van der Waals surface area contributed by atoms with Crippen molar-refractivity contribution in [3.8, 4) is 0 Å². The fraction of sp³-hybridized carbons (Fsp3) is 0.813. The molecule has 0 aliphatic carbocycles. The number of hydrogen-bond donors (Lipinski definition) is 2. The maximum atomic E-state index is 12.8. The van der Waals surface area contributed by atoms with Crippen LogP contribution in [0.5, 0.6) is 0 Å². The van der Waals surface area contributed by atoms with Crippen LogP contribution in [-0.2, 0) is 32.7 Å². The first-order chi connectivity index (χ1) is 41.8. The zero-order valence-electron chi connectivity index (χ0n) is 55.8. The quantitative estimate of drug-likeness (QED) is 0.0264. The molecule has 0 bridgehead atoms. The first kappa shape index (κ1) is 82.5. The van der Waals surface area contributed by atoms with E-state index in [1.54, 1.807) is 0 Å². The van der Waals surface area contributed by atoms with Crippen molar-refractivity contribution in [1.82, 2.24) is 0 Å². The van der Waals surface area contributed by atoms with Crippen LogP contribution in [-0.4, -0.2) is 49.3 Å². The molecule has 2 unspecified atom stereocenters. The van der Waals surface area contributed by atoms with Gasteiger partial charge in [0.25, 0.3) is 0 Å². The van der Waals surface area contributed by atoms with Crippen LogP contribution in [0.1, 0.15) is 361 Å². The zero-order valence-corrected chi connectivity index (χ0v) is 56.7. The Kier molecular flexibility index (Phi) is 68.4. The Labute approximate surface area is 526 Å². The van der Waals surface area contributed by atoms with Crippen LogP contribution in [0.3, 0.4) is 0 Å². The molecular formula is C75H138NO8P. The first-order valence-corrected chi connectivity index (χ1v) is 37.9. The van der Waals surface area contributed by atoms with E-state index in [4.69, 9.17) is 24.3 Å². The standard InChI is InChI=1S/C75H138NO8P/c1-3-5-7-9-11-13-15-17-19-21-23-25-27-29-30-31-32-33-34-35-36-37-38-39-40-41-42-44-46-48-50-52-54-56-58-60-62-64-66-68-75(78)84-73(72-83-85(79,80)82-70-69-76)71-81-74(77)67-65-63-61-59-57-55-53-51-49-47-45-43-28-26-24-22-20-18-16-14-12-10-8-6-4-2/h5,7,11,13,17,19,23,25,29-30,32-33,73H,3-4,6,8-10,12,14-16,18,20-22,24,26-28,31,34-72,76H2,1-2H3,(H,79,80)/b7-5-,13-11-,19-17-,25-23-,30-29-,33-32-. The molecule has 0 aliphatic heterocycles. The van der Waals surface area contributed by atoms with E-state index in [1.165, 1.54) is 257 Å². The summed E-state index contributed by atoms with van der Waals surface area (Å²) in [5.41, 5.74) is 5.41. The minimum absolute atomic E-state index is 0.0550. The predicted molar refractivity (Wildman–Crippen MR) is 367 cm³/mol. The monoisotopic (exact) mass is 1210 g/mol. The second-order valence-electron chi connectivity index (χ2n) is 24.4. The van der Waals surface area contributed by atoms with Crippen molar-refractivity contribution in [2.75, 3.05) is 26.4 Å². The molecule has 0 aromatic carbocycles. The number of unbranched alkanes of at least 4 members (excludes halogenated alkanes) is 44. The van der Waals surface area contributed by atoms with E-state index in [9.17, 15) is 19.0 Å². The topological polar surface area (TPSA) is 134 Å². The van der Waals surface area contributed by atoms with Crippen molar-refractivity contribution >= 4 is 19.8 Å². The molecule has 9 nitrogen and oxygen atoms in total. The first-order valence-electron chi connectivity index (χ1n) is 36.4. The van der Waals surface area contributed by atoms with E-state index >= 15 is 0 Å². The second kappa shape index (κ2) is 70.5. The normalized spacial score (nSPS) is 13.3. The molecule has 0 saturated heterocycles. The molecule has 3 N–H and O–H groups in total. The van der Waals surface area contributed by atoms with Gasteiger partial charge in [-0.2, -0.15) is 0 Å². The molecule has 0 amide bonds. The third-order valence-electron chi connectivity index (χ3n) is 16.1. The lowest BCUT2D eigenvalue weighted by Gasteiger charge is -2.19. The maximum absolute atomic E-state index is 12.8. The van der Waals surface area contributed by atoms with Crippen molar-refractivity contribution in [3.63, 3.8) is 0 Å². The van der Waals surface area contributed by atoms with Gasteiger partial charge in [0, 0.05) is 19.4 Å². The van der Waals surface area contributed by atoms with Crippen molar-refractivity contribution in [2.45, 2.75) is 367 Å². The summed E-state index contributed by atoms with van der Waals surface area (Å²) in [6.45, 7) is 3.70. The second-order valence-corrected chi connectivity index (χ2v) is 25.9. The Morgan fingerprint density at radius 2 is 0.647 bits per heavy atom. The van der Waals surface area contributed by atoms with Gasteiger partial charge in [0.2, 0.25) is 0 Å². The van der Waals surface area contributed by atoms with Crippen molar-refractivity contribution < 1.29 is 37.6 Å². The van der Waals surface area contributed by atoms with E-state index in [1.807, 2.05) is 0 Å². The molecule has 496 valence electrons. The summed E-state index contributed by atoms with van der Waals surface area (Å²) in [5, 5.41) is 0. The molecule has 0 spiro atoms. The molecule has 0 saturated carbocycles. The molecule has 0 radical (unpaired) electrons. The maximum Gasteiger partial charge on any atom is 0.472 e. The van der Waals surface area contributed by atoms with Gasteiger partial charge in [-0.05, 0) is 64.2 Å². The van der Waals surface area contributed by atoms with Crippen molar-refractivity contribution in [2.24, 2.45) is 5.73 Å². The van der Waals surface area contributed by atoms with E-state index in [0.29, 0.717) is 6.42 Å². The lowest BCUT2D eigenvalue weighted by molar-refractivity contribution is -0.161. The molecule has 85 heavy (non-hydrogen) atoms. The van der Waals surface area contributed by atoms with Crippen LogP contribution >= 0.6 is 7.82 Å². The summed E-state index contributed by atoms with van der Waals surface area (Å²) in [4.78, 5) is 35.4. The summed E-state index contributed by atoms with van der Waals surface area (Å²) < 4.78 is 33.2. The molecule has 0 aliphatic rings. The summed E-state index contributed by atoms with van der Waals surface area (Å²) in [5.74, 6) is -0.807. The number of carbonyl (C=O) groups is 2. The fourth-order valence-corrected chi connectivity index (χ4v) is 11.5. The van der Waals surface area contributed by atoms with Gasteiger partial charge in [0.05, 0.1) is 13.2 Å². The molecule has 0 aromatic heterocycles. The number of phosphoric acid groups is 1. The van der Waals surface area contributed by atoms with Gasteiger partial charge in [-0.15, -0.1) is 0 Å². The molecule has 0 rings (SSSR count). The molecule has 0 aromatic rings. The van der Waals surface area contributed by atoms with Gasteiger partial charge in [0.1, 0.15) is 6.61 Å². The number of hydrogen-bond acceptors (Lipinski definition) is 8. The highest BCUT2D eigenvalue weighted by Gasteiger charge is 2.26. The predicted octanol–water partition coefficient (Wildman–Crippen LogP) is 24.0. The number of nitrogens with two attached hydrogens (primary N) is 1. The Bertz CT molecular complexity index is 1620. The highest BCUT2D eigenvalue weighted by atomic mass is 31.2. The zero-order chi connectivity index (χ0) is 61.6. The van der Waals surface area contributed by atoms with E-state index < -0.39 is 26.5 Å². The minimum Gasteiger partial charge on any atom is -0.462 e. The van der Waals surface area contributed by atoms with Gasteiger partial charge in [-0.25, -0.2) is 4.57 Å². The Morgan fingerprint density at radius 1 is 0.365 bits per heavy atom. The van der Waals surface area contributed by atoms with E-state index in [0.717, 1.165) is 70.6 Å². The van der Waals surface area contributed by atoms with Gasteiger partial charge < -0.3 is 20.1 Å². The van der Waals surface area contributed by atoms with Crippen LogP contribution in [0.2, 0.25) is 0 Å². The molecule has 0 fully saturated rings. The van der Waals surface area contributed by atoms with Crippen molar-refractivity contribution in [3.05, 3.63) is 72.9 Å². The Hall–Kier alpha value is -2.55. The molecule has 0 heterocycles. The highest BCUT2D eigenvalue weighted by molar-refractivity contribution is 7.47. The van der Waals surface area contributed by atoms with Crippen LogP contribution in [0.4, 0.5) is 0 Å². The molecule has 2 atom stereocenters. The minimum atomic E-state index is -4.39. The van der Waals surface area contributed by atoms with E-state index in [-0.39, 0.29) is 38.6 Å². The van der Waals surface area contributed by atoms with Gasteiger partial charge in [0.15, 0.2) is 6.10 Å². The molecular weight excluding hydrogens is 1070 g/mol. The molecule has 10 heteroatoms. The number of ether oxygens (including phenoxy) is 2.